The second-order valence-corrected chi connectivity index (χ2v) is 16.5. The van der Waals surface area contributed by atoms with E-state index in [2.05, 4.69) is 15.6 Å². The largest absolute Gasteiger partial charge is 0.461 e. The minimum Gasteiger partial charge on any atom is -0.461 e. The molecule has 0 saturated heterocycles. The van der Waals surface area contributed by atoms with Crippen molar-refractivity contribution >= 4 is 39.2 Å². The number of nitrogens with zero attached hydrogens (tertiary/aromatic N) is 3. The Morgan fingerprint density at radius 2 is 1.64 bits per heavy atom. The number of halogens is 2. The van der Waals surface area contributed by atoms with Crippen molar-refractivity contribution in [3.05, 3.63) is 110 Å². The van der Waals surface area contributed by atoms with E-state index in [1.165, 1.54) is 41.1 Å². The molecule has 1 aliphatic carbocycles. The summed E-state index contributed by atoms with van der Waals surface area (Å²) in [5, 5.41) is 5.04. The van der Waals surface area contributed by atoms with Crippen LogP contribution in [0.15, 0.2) is 69.2 Å². The van der Waals surface area contributed by atoms with Gasteiger partial charge < -0.3 is 15.4 Å². The van der Waals surface area contributed by atoms with E-state index in [-0.39, 0.29) is 29.5 Å². The maximum atomic E-state index is 15.3. The van der Waals surface area contributed by atoms with Crippen molar-refractivity contribution < 1.29 is 36.3 Å². The number of pyridine rings is 1. The summed E-state index contributed by atoms with van der Waals surface area (Å²) in [6.07, 6.45) is 3.90. The van der Waals surface area contributed by atoms with Gasteiger partial charge in [-0.3, -0.25) is 23.7 Å². The van der Waals surface area contributed by atoms with E-state index in [0.29, 0.717) is 41.8 Å². The van der Waals surface area contributed by atoms with Gasteiger partial charge in [0.2, 0.25) is 5.91 Å². The molecule has 0 saturated carbocycles. The molecule has 5 rings (SSSR count). The van der Waals surface area contributed by atoms with Crippen molar-refractivity contribution in [2.45, 2.75) is 90.2 Å². The second kappa shape index (κ2) is 16.6. The molecule has 2 aromatic heterocycles. The minimum atomic E-state index is -4.43. The van der Waals surface area contributed by atoms with Crippen LogP contribution in [-0.2, 0) is 50.7 Å². The normalized spacial score (nSPS) is 13.4. The van der Waals surface area contributed by atoms with Crippen molar-refractivity contribution in [1.29, 1.82) is 0 Å². The topological polar surface area (TPSA) is 188 Å². The molecular weight excluding hydrogens is 751 g/mol. The number of benzene rings is 2. The molecule has 0 bridgehead atoms. The predicted octanol–water partition coefficient (Wildman–Crippen LogP) is 4.56. The van der Waals surface area contributed by atoms with Crippen LogP contribution in [0.5, 0.6) is 0 Å². The van der Waals surface area contributed by atoms with Gasteiger partial charge in [0.1, 0.15) is 23.5 Å². The fraction of sp³-hybridized carbons (Fsp3) is 0.385. The fourth-order valence-electron chi connectivity index (χ4n) is 6.03. The Balaban J connectivity index is 1.29. The van der Waals surface area contributed by atoms with E-state index in [0.717, 1.165) is 23.1 Å². The van der Waals surface area contributed by atoms with E-state index >= 15 is 8.78 Å². The van der Waals surface area contributed by atoms with Gasteiger partial charge in [-0.05, 0) is 94.3 Å². The average molecular weight is 795 g/mol. The number of aromatic nitrogens is 3. The van der Waals surface area contributed by atoms with Crippen LogP contribution in [0.4, 0.5) is 20.2 Å². The Bertz CT molecular complexity index is 2390. The van der Waals surface area contributed by atoms with Crippen molar-refractivity contribution in [1.82, 2.24) is 19.4 Å². The first-order valence-corrected chi connectivity index (χ1v) is 19.5. The summed E-state index contributed by atoms with van der Waals surface area (Å²) in [4.78, 5) is 68.9. The number of aryl methyl sites for hydroxylation is 1. The summed E-state index contributed by atoms with van der Waals surface area (Å²) >= 11 is 0. The molecule has 2 aromatic carbocycles. The summed E-state index contributed by atoms with van der Waals surface area (Å²) in [5.41, 5.74) is -0.973. The number of carbonyl (C=O) groups excluding carboxylic acids is 3. The third-order valence-electron chi connectivity index (χ3n) is 9.13. The first kappa shape index (κ1) is 41.5. The maximum Gasteiger partial charge on any atom is 0.336 e. The molecule has 0 radical (unpaired) electrons. The Labute approximate surface area is 322 Å². The van der Waals surface area contributed by atoms with E-state index in [9.17, 15) is 32.4 Å². The van der Waals surface area contributed by atoms with E-state index in [1.54, 1.807) is 47.7 Å². The number of esters is 1. The lowest BCUT2D eigenvalue weighted by Crippen LogP contribution is -2.43. The number of hydrogen-bond acceptors (Lipinski definition) is 9. The number of sulfonamides is 1. The fourth-order valence-corrected chi connectivity index (χ4v) is 7.08. The molecule has 2 heterocycles. The number of amides is 2. The highest BCUT2D eigenvalue weighted by Crippen LogP contribution is 2.25. The third kappa shape index (κ3) is 9.38. The van der Waals surface area contributed by atoms with Crippen molar-refractivity contribution in [2.24, 2.45) is 12.5 Å². The SMILES string of the molecule is CC(C)OC(=O)[C@H](CCc1ccc(-n2c(=O)c3c(n(C)c2=O)CCCC3)nc1)NC(=O)c1cc(F)c(NS(=O)(=O)c2ccc(NC(=O)C(C)(C)C)cc2)cc1F. The molecule has 0 unspecified atom stereocenters. The number of anilines is 2. The number of rotatable bonds is 12. The second-order valence-electron chi connectivity index (χ2n) is 14.8. The van der Waals surface area contributed by atoms with Crippen LogP contribution in [0, 0.1) is 17.0 Å². The van der Waals surface area contributed by atoms with Crippen LogP contribution >= 0.6 is 0 Å². The molecular formula is C39H44F2N6O8S. The lowest BCUT2D eigenvalue weighted by atomic mass is 9.95. The molecule has 3 N–H and O–H groups in total. The Kier molecular flexibility index (Phi) is 12.3. The van der Waals surface area contributed by atoms with E-state index < -0.39 is 73.6 Å². The van der Waals surface area contributed by atoms with Crippen LogP contribution < -0.4 is 26.6 Å². The van der Waals surface area contributed by atoms with Gasteiger partial charge >= 0.3 is 11.7 Å². The number of fused-ring (bicyclic) bond motifs is 1. The molecule has 1 aliphatic rings. The smallest absolute Gasteiger partial charge is 0.336 e. The Hall–Kier alpha value is -5.71. The summed E-state index contributed by atoms with van der Waals surface area (Å²) in [5.74, 6) is -4.72. The van der Waals surface area contributed by atoms with E-state index in [1.807, 2.05) is 4.72 Å². The zero-order chi connectivity index (χ0) is 41.1. The highest BCUT2D eigenvalue weighted by atomic mass is 32.2. The number of hydrogen-bond donors (Lipinski definition) is 3. The molecule has 14 nitrogen and oxygen atoms in total. The minimum absolute atomic E-state index is 0.0560. The third-order valence-corrected chi connectivity index (χ3v) is 10.5. The molecule has 0 fully saturated rings. The molecule has 4 aromatic rings. The van der Waals surface area contributed by atoms with Crippen LogP contribution in [0.2, 0.25) is 0 Å². The predicted molar refractivity (Wildman–Crippen MR) is 204 cm³/mol. The average Bonchev–Trinajstić information content (AvgIpc) is 3.13. The van der Waals surface area contributed by atoms with Crippen LogP contribution in [0.25, 0.3) is 5.82 Å². The number of ether oxygens (including phenoxy) is 1. The molecule has 17 heteroatoms. The zero-order valence-corrected chi connectivity index (χ0v) is 32.7. The van der Waals surface area contributed by atoms with Crippen LogP contribution in [-0.4, -0.2) is 52.5 Å². The van der Waals surface area contributed by atoms with Crippen LogP contribution in [0.3, 0.4) is 0 Å². The van der Waals surface area contributed by atoms with E-state index in [4.69, 9.17) is 4.74 Å². The Morgan fingerprint density at radius 3 is 2.27 bits per heavy atom. The summed E-state index contributed by atoms with van der Waals surface area (Å²) in [6.45, 7) is 8.32. The maximum absolute atomic E-state index is 15.3. The van der Waals surface area contributed by atoms with Gasteiger partial charge in [-0.15, -0.1) is 0 Å². The quantitative estimate of drug-likeness (QED) is 0.173. The number of nitrogens with one attached hydrogen (secondary N) is 3. The molecule has 0 spiro atoms. The standard InChI is InChI=1S/C39H44F2N6O8S/c1-22(2)55-36(50)30(17-11-23-12-18-33(42-21-23)47-35(49)26-9-7-8-10-32(26)46(6)38(47)52)44-34(48)27-19-29(41)31(20-28(27)40)45-56(53,54)25-15-13-24(14-16-25)43-37(51)39(3,4)5/h12-16,18-22,30,45H,7-11,17H2,1-6H3,(H,43,51)(H,44,48)/t30-/m0/s1. The van der Waals surface area contributed by atoms with Crippen molar-refractivity contribution in [2.75, 3.05) is 10.0 Å². The Morgan fingerprint density at radius 1 is 0.964 bits per heavy atom. The lowest BCUT2D eigenvalue weighted by Gasteiger charge is -2.20. The van der Waals surface area contributed by atoms with Gasteiger partial charge in [0.05, 0.1) is 22.3 Å². The van der Waals surface area contributed by atoms with Gasteiger partial charge in [-0.1, -0.05) is 26.8 Å². The molecule has 0 aliphatic heterocycles. The highest BCUT2D eigenvalue weighted by Gasteiger charge is 2.28. The number of carbonyl (C=O) groups is 3. The lowest BCUT2D eigenvalue weighted by molar-refractivity contribution is -0.149. The van der Waals surface area contributed by atoms with Crippen LogP contribution in [0.1, 0.15) is 81.1 Å². The van der Waals surface area contributed by atoms with Gasteiger partial charge in [0.25, 0.3) is 21.5 Å². The summed E-state index contributed by atoms with van der Waals surface area (Å²) < 4.78 is 66.3. The van der Waals surface area contributed by atoms with Crippen molar-refractivity contribution in [3.63, 3.8) is 0 Å². The molecule has 1 atom stereocenters. The van der Waals surface area contributed by atoms with Crippen molar-refractivity contribution in [3.8, 4) is 5.82 Å². The highest BCUT2D eigenvalue weighted by molar-refractivity contribution is 7.92. The van der Waals surface area contributed by atoms with Gasteiger partial charge in [-0.25, -0.2) is 36.3 Å². The summed E-state index contributed by atoms with van der Waals surface area (Å²) in [7, 11) is -2.81. The summed E-state index contributed by atoms with van der Waals surface area (Å²) in [6, 6.07) is 7.86. The molecule has 2 amide bonds. The molecule has 56 heavy (non-hydrogen) atoms. The zero-order valence-electron chi connectivity index (χ0n) is 31.9. The first-order valence-electron chi connectivity index (χ1n) is 18.0. The van der Waals surface area contributed by atoms with Gasteiger partial charge in [0.15, 0.2) is 0 Å². The van der Waals surface area contributed by atoms with Gasteiger partial charge in [0, 0.05) is 41.7 Å². The van der Waals surface area contributed by atoms with Gasteiger partial charge in [-0.2, -0.15) is 0 Å². The molecule has 298 valence electrons. The first-order chi connectivity index (χ1) is 26.3. The monoisotopic (exact) mass is 794 g/mol.